The SMILES string of the molecule is CCCCCCCCCCCCCCCCCCCC[N+](C)(C)/N=C(/C)[O-]. The van der Waals surface area contributed by atoms with E-state index in [-0.39, 0.29) is 5.90 Å². The van der Waals surface area contributed by atoms with E-state index in [0.717, 1.165) is 6.54 Å². The summed E-state index contributed by atoms with van der Waals surface area (Å²) >= 11 is 0. The summed E-state index contributed by atoms with van der Waals surface area (Å²) in [5.74, 6) is -0.0672. The van der Waals surface area contributed by atoms with E-state index in [1.807, 2.05) is 14.1 Å². The summed E-state index contributed by atoms with van der Waals surface area (Å²) in [6.45, 7) is 4.80. The fourth-order valence-corrected chi connectivity index (χ4v) is 3.83. The zero-order valence-electron chi connectivity index (χ0n) is 19.2. The Morgan fingerprint density at radius 1 is 0.593 bits per heavy atom. The van der Waals surface area contributed by atoms with E-state index in [0.29, 0.717) is 4.59 Å². The van der Waals surface area contributed by atoms with Crippen LogP contribution in [0, 0.1) is 0 Å². The Balaban J connectivity index is 3.18. The lowest BCUT2D eigenvalue weighted by atomic mass is 10.0. The molecule has 0 unspecified atom stereocenters. The number of nitrogens with zero attached hydrogens (tertiary/aromatic N) is 2. The highest BCUT2D eigenvalue weighted by molar-refractivity contribution is 5.67. The van der Waals surface area contributed by atoms with Gasteiger partial charge in [0.1, 0.15) is 6.54 Å². The van der Waals surface area contributed by atoms with E-state index < -0.39 is 0 Å². The van der Waals surface area contributed by atoms with Crippen molar-refractivity contribution in [3.8, 4) is 0 Å². The summed E-state index contributed by atoms with van der Waals surface area (Å²) in [6, 6.07) is 0. The van der Waals surface area contributed by atoms with Crippen molar-refractivity contribution in [2.75, 3.05) is 20.6 Å². The number of quaternary nitrogens is 1. The Kier molecular flexibility index (Phi) is 18.4. The molecular weight excluding hydrogens is 332 g/mol. The summed E-state index contributed by atoms with van der Waals surface area (Å²) in [4.78, 5) is 0. The van der Waals surface area contributed by atoms with E-state index in [9.17, 15) is 5.11 Å². The van der Waals surface area contributed by atoms with E-state index >= 15 is 0 Å². The zero-order valence-corrected chi connectivity index (χ0v) is 19.2. The van der Waals surface area contributed by atoms with Gasteiger partial charge in [0.05, 0.1) is 14.1 Å². The maximum atomic E-state index is 11.1. The first kappa shape index (κ1) is 26.4. The molecule has 0 aliphatic carbocycles. The third-order valence-corrected chi connectivity index (χ3v) is 5.47. The topological polar surface area (TPSA) is 35.4 Å². The molecule has 0 bridgehead atoms. The summed E-state index contributed by atoms with van der Waals surface area (Å²) in [7, 11) is 4.02. The molecule has 0 N–H and O–H groups in total. The maximum absolute atomic E-state index is 11.1. The molecule has 0 amide bonds. The molecule has 0 saturated carbocycles. The van der Waals surface area contributed by atoms with Crippen LogP contribution in [0.15, 0.2) is 5.10 Å². The van der Waals surface area contributed by atoms with Gasteiger partial charge in [0.2, 0.25) is 0 Å². The summed E-state index contributed by atoms with van der Waals surface area (Å²) in [5, 5.41) is 15.2. The number of hydrogen-bond acceptors (Lipinski definition) is 2. The molecule has 0 aromatic carbocycles. The van der Waals surface area contributed by atoms with Crippen molar-refractivity contribution in [3.05, 3.63) is 0 Å². The van der Waals surface area contributed by atoms with E-state index in [2.05, 4.69) is 12.0 Å². The van der Waals surface area contributed by atoms with Crippen molar-refractivity contribution in [2.24, 2.45) is 5.10 Å². The third-order valence-electron chi connectivity index (χ3n) is 5.47. The van der Waals surface area contributed by atoms with Gasteiger partial charge in [-0.25, -0.2) is 4.59 Å². The highest BCUT2D eigenvalue weighted by Gasteiger charge is 2.11. The molecule has 3 heteroatoms. The van der Waals surface area contributed by atoms with Gasteiger partial charge in [-0.2, -0.15) is 0 Å². The Hall–Kier alpha value is -0.570. The smallest absolute Gasteiger partial charge is 0.103 e. The van der Waals surface area contributed by atoms with Gasteiger partial charge < -0.3 is 5.11 Å². The van der Waals surface area contributed by atoms with Crippen LogP contribution < -0.4 is 5.11 Å². The molecule has 27 heavy (non-hydrogen) atoms. The fourth-order valence-electron chi connectivity index (χ4n) is 3.83. The molecule has 0 aliphatic heterocycles. The first-order valence-corrected chi connectivity index (χ1v) is 12.0. The molecule has 162 valence electrons. The third kappa shape index (κ3) is 21.6. The van der Waals surface area contributed by atoms with Crippen LogP contribution in [-0.2, 0) is 0 Å². The Morgan fingerprint density at radius 2 is 0.889 bits per heavy atom. The lowest BCUT2D eigenvalue weighted by Crippen LogP contribution is -2.37. The second kappa shape index (κ2) is 18.8. The minimum Gasteiger partial charge on any atom is -0.858 e. The van der Waals surface area contributed by atoms with Crippen molar-refractivity contribution in [2.45, 2.75) is 129 Å². The molecule has 0 saturated heterocycles. The first-order valence-electron chi connectivity index (χ1n) is 12.0. The number of unbranched alkanes of at least 4 members (excludes halogenated alkanes) is 17. The van der Waals surface area contributed by atoms with Crippen molar-refractivity contribution in [1.29, 1.82) is 0 Å². The lowest BCUT2D eigenvalue weighted by Gasteiger charge is -2.24. The average Bonchev–Trinajstić information content (AvgIpc) is 2.59. The molecule has 0 aromatic heterocycles. The van der Waals surface area contributed by atoms with Crippen LogP contribution in [0.3, 0.4) is 0 Å². The minimum atomic E-state index is -0.0672. The molecule has 3 nitrogen and oxygen atoms in total. The van der Waals surface area contributed by atoms with Crippen LogP contribution in [0.5, 0.6) is 0 Å². The Bertz CT molecular complexity index is 335. The van der Waals surface area contributed by atoms with Crippen LogP contribution in [0.25, 0.3) is 0 Å². The molecule has 0 atom stereocenters. The van der Waals surface area contributed by atoms with E-state index in [1.165, 1.54) is 122 Å². The van der Waals surface area contributed by atoms with Gasteiger partial charge in [0.15, 0.2) is 0 Å². The molecule has 0 radical (unpaired) electrons. The molecule has 0 rings (SSSR count). The van der Waals surface area contributed by atoms with Gasteiger partial charge in [-0.3, -0.25) is 0 Å². The van der Waals surface area contributed by atoms with Gasteiger partial charge in [0, 0.05) is 5.90 Å². The minimum absolute atomic E-state index is 0.0672. The van der Waals surface area contributed by atoms with Crippen molar-refractivity contribution in [3.63, 3.8) is 0 Å². The van der Waals surface area contributed by atoms with Crippen LogP contribution >= 0.6 is 0 Å². The van der Waals surface area contributed by atoms with Gasteiger partial charge in [-0.05, 0) is 19.8 Å². The molecule has 0 aliphatic rings. The second-order valence-electron chi connectivity index (χ2n) is 8.97. The van der Waals surface area contributed by atoms with Crippen LogP contribution in [-0.4, -0.2) is 31.1 Å². The van der Waals surface area contributed by atoms with Crippen LogP contribution in [0.4, 0.5) is 0 Å². The van der Waals surface area contributed by atoms with E-state index in [4.69, 9.17) is 0 Å². The molecular formula is C24H50N2O. The highest BCUT2D eigenvalue weighted by Crippen LogP contribution is 2.14. The van der Waals surface area contributed by atoms with E-state index in [1.54, 1.807) is 0 Å². The quantitative estimate of drug-likeness (QED) is 0.0749. The van der Waals surface area contributed by atoms with Crippen LogP contribution in [0.2, 0.25) is 0 Å². The Labute approximate surface area is 171 Å². The lowest BCUT2D eigenvalue weighted by molar-refractivity contribution is -0.898. The predicted octanol–water partition coefficient (Wildman–Crippen LogP) is 6.80. The summed E-state index contributed by atoms with van der Waals surface area (Å²) in [5.41, 5.74) is 0. The van der Waals surface area contributed by atoms with Crippen LogP contribution in [0.1, 0.15) is 129 Å². The van der Waals surface area contributed by atoms with Crippen molar-refractivity contribution in [1.82, 2.24) is 0 Å². The number of hydrogen-bond donors (Lipinski definition) is 0. The van der Waals surface area contributed by atoms with Gasteiger partial charge in [-0.15, -0.1) is 5.10 Å². The van der Waals surface area contributed by atoms with Gasteiger partial charge in [-0.1, -0.05) is 110 Å². The van der Waals surface area contributed by atoms with Gasteiger partial charge in [0.25, 0.3) is 0 Å². The fraction of sp³-hybridized carbons (Fsp3) is 0.958. The largest absolute Gasteiger partial charge is 0.858 e. The second-order valence-corrected chi connectivity index (χ2v) is 8.97. The predicted molar refractivity (Wildman–Crippen MR) is 119 cm³/mol. The average molecular weight is 383 g/mol. The van der Waals surface area contributed by atoms with Gasteiger partial charge >= 0.3 is 0 Å². The molecule has 0 aromatic rings. The first-order chi connectivity index (χ1) is 13.0. The standard InChI is InChI=1S/C24H50N2O/c1-5-6-7-8-9-10-11-12-13-14-15-16-17-18-19-20-21-22-23-26(3,4)25-24(2)27/h5-23H2,1-4H3. The normalized spacial score (nSPS) is 12.7. The monoisotopic (exact) mass is 382 g/mol. The summed E-state index contributed by atoms with van der Waals surface area (Å²) in [6.07, 6.45) is 25.2. The molecule has 0 fully saturated rings. The Morgan fingerprint density at radius 3 is 1.19 bits per heavy atom. The molecule has 0 heterocycles. The highest BCUT2D eigenvalue weighted by atomic mass is 16.3. The van der Waals surface area contributed by atoms with Crippen molar-refractivity contribution >= 4 is 5.90 Å². The number of rotatable bonds is 20. The van der Waals surface area contributed by atoms with Crippen molar-refractivity contribution < 1.29 is 9.70 Å². The molecule has 0 spiro atoms. The maximum Gasteiger partial charge on any atom is 0.103 e. The zero-order chi connectivity index (χ0) is 20.2. The summed E-state index contributed by atoms with van der Waals surface area (Å²) < 4.78 is 0.480.